The van der Waals surface area contributed by atoms with E-state index in [1.54, 1.807) is 19.2 Å². The van der Waals surface area contributed by atoms with Crippen LogP contribution in [0.5, 0.6) is 0 Å². The normalized spacial score (nSPS) is 11.3. The molecule has 0 saturated carbocycles. The molecule has 0 aromatic carbocycles. The first kappa shape index (κ1) is 10.8. The molecule has 0 aliphatic rings. The average Bonchev–Trinajstić information content (AvgIpc) is 2.01. The molecule has 1 aromatic rings. The second-order valence-corrected chi connectivity index (χ2v) is 5.38. The zero-order chi connectivity index (χ0) is 10.8. The maximum atomic E-state index is 11.4. The molecule has 1 heterocycles. The second kappa shape index (κ2) is 3.88. The minimum atomic E-state index is -3.26. The number of Topliss-reactive ketones (excluding diaryl/α,β-unsaturated/α-hetero) is 1. The molecule has 0 atom stereocenters. The first-order valence-electron chi connectivity index (χ1n) is 4.01. The number of hydrogen-bond donors (Lipinski definition) is 0. The standard InChI is InChI=1S/C9H11NO3S/c1-7-3-8(5-10-4-7)9(11)6-14(2,12)13/h3-5H,6H2,1-2H3. The number of carbonyl (C=O) groups excluding carboxylic acids is 1. The lowest BCUT2D eigenvalue weighted by atomic mass is 10.2. The molecule has 14 heavy (non-hydrogen) atoms. The summed E-state index contributed by atoms with van der Waals surface area (Å²) in [5.74, 6) is -0.873. The minimum Gasteiger partial charge on any atom is -0.293 e. The molecule has 0 radical (unpaired) electrons. The van der Waals surface area contributed by atoms with E-state index in [-0.39, 0.29) is 0 Å². The summed E-state index contributed by atoms with van der Waals surface area (Å²) >= 11 is 0. The Morgan fingerprint density at radius 1 is 1.43 bits per heavy atom. The maximum absolute atomic E-state index is 11.4. The van der Waals surface area contributed by atoms with E-state index < -0.39 is 21.4 Å². The molecule has 0 fully saturated rings. The number of sulfone groups is 1. The quantitative estimate of drug-likeness (QED) is 0.690. The molecule has 1 aromatic heterocycles. The van der Waals surface area contributed by atoms with Crippen LogP contribution in [0.15, 0.2) is 18.5 Å². The number of aryl methyl sites for hydroxylation is 1. The van der Waals surface area contributed by atoms with Gasteiger partial charge >= 0.3 is 0 Å². The molecule has 0 aliphatic heterocycles. The highest BCUT2D eigenvalue weighted by Gasteiger charge is 2.13. The van der Waals surface area contributed by atoms with Gasteiger partial charge in [0.05, 0.1) is 0 Å². The lowest BCUT2D eigenvalue weighted by molar-refractivity contribution is 0.102. The number of aromatic nitrogens is 1. The van der Waals surface area contributed by atoms with Crippen LogP contribution in [0.1, 0.15) is 15.9 Å². The molecule has 0 spiro atoms. The molecular formula is C9H11NO3S. The number of pyridine rings is 1. The molecule has 76 valence electrons. The highest BCUT2D eigenvalue weighted by atomic mass is 32.2. The van der Waals surface area contributed by atoms with Crippen LogP contribution >= 0.6 is 0 Å². The molecule has 4 nitrogen and oxygen atoms in total. The van der Waals surface area contributed by atoms with E-state index in [0.717, 1.165) is 11.8 Å². The van der Waals surface area contributed by atoms with Crippen molar-refractivity contribution in [3.05, 3.63) is 29.6 Å². The highest BCUT2D eigenvalue weighted by molar-refractivity contribution is 7.91. The van der Waals surface area contributed by atoms with E-state index >= 15 is 0 Å². The summed E-state index contributed by atoms with van der Waals surface area (Å²) in [4.78, 5) is 15.2. The van der Waals surface area contributed by atoms with Gasteiger partial charge in [-0.25, -0.2) is 8.42 Å². The predicted molar refractivity (Wildman–Crippen MR) is 53.0 cm³/mol. The zero-order valence-corrected chi connectivity index (χ0v) is 8.84. The zero-order valence-electron chi connectivity index (χ0n) is 8.02. The molecule has 0 unspecified atom stereocenters. The molecule has 0 amide bonds. The fourth-order valence-corrected chi connectivity index (χ4v) is 1.67. The summed E-state index contributed by atoms with van der Waals surface area (Å²) in [6.07, 6.45) is 4.02. The van der Waals surface area contributed by atoms with Gasteiger partial charge in [-0.2, -0.15) is 0 Å². The fraction of sp³-hybridized carbons (Fsp3) is 0.333. The first-order valence-corrected chi connectivity index (χ1v) is 6.07. The third kappa shape index (κ3) is 3.26. The molecule has 0 N–H and O–H groups in total. The van der Waals surface area contributed by atoms with Crippen molar-refractivity contribution in [3.63, 3.8) is 0 Å². The number of hydrogen-bond acceptors (Lipinski definition) is 4. The van der Waals surface area contributed by atoms with Gasteiger partial charge in [0, 0.05) is 24.2 Å². The SMILES string of the molecule is Cc1cncc(C(=O)CS(C)(=O)=O)c1. The van der Waals surface area contributed by atoms with Crippen LogP contribution in [0.2, 0.25) is 0 Å². The van der Waals surface area contributed by atoms with Gasteiger partial charge in [-0.3, -0.25) is 9.78 Å². The van der Waals surface area contributed by atoms with Crippen molar-refractivity contribution in [1.82, 2.24) is 4.98 Å². The lowest BCUT2D eigenvalue weighted by Gasteiger charge is -1.99. The Bertz CT molecular complexity index is 451. The van der Waals surface area contributed by atoms with Crippen molar-refractivity contribution in [2.75, 3.05) is 12.0 Å². The third-order valence-corrected chi connectivity index (χ3v) is 2.38. The predicted octanol–water partition coefficient (Wildman–Crippen LogP) is 0.617. The van der Waals surface area contributed by atoms with Gasteiger partial charge in [-0.05, 0) is 18.6 Å². The van der Waals surface area contributed by atoms with Gasteiger partial charge in [0.15, 0.2) is 15.6 Å². The summed E-state index contributed by atoms with van der Waals surface area (Å²) in [6, 6.07) is 1.63. The van der Waals surface area contributed by atoms with E-state index in [4.69, 9.17) is 0 Å². The topological polar surface area (TPSA) is 64.1 Å². The molecular weight excluding hydrogens is 202 g/mol. The summed E-state index contributed by atoms with van der Waals surface area (Å²) in [5, 5.41) is 0. The van der Waals surface area contributed by atoms with Crippen LogP contribution < -0.4 is 0 Å². The van der Waals surface area contributed by atoms with E-state index in [0.29, 0.717) is 5.56 Å². The van der Waals surface area contributed by atoms with Crippen molar-refractivity contribution in [3.8, 4) is 0 Å². The Balaban J connectivity index is 2.91. The van der Waals surface area contributed by atoms with Crippen molar-refractivity contribution in [2.45, 2.75) is 6.92 Å². The van der Waals surface area contributed by atoms with Crippen LogP contribution in [0.3, 0.4) is 0 Å². The fourth-order valence-electron chi connectivity index (χ4n) is 1.03. The van der Waals surface area contributed by atoms with Crippen LogP contribution in [0.4, 0.5) is 0 Å². The average molecular weight is 213 g/mol. The van der Waals surface area contributed by atoms with Crippen molar-refractivity contribution >= 4 is 15.6 Å². The molecule has 0 bridgehead atoms. The van der Waals surface area contributed by atoms with Gasteiger partial charge < -0.3 is 0 Å². The summed E-state index contributed by atoms with van der Waals surface area (Å²) in [7, 11) is -3.26. The highest BCUT2D eigenvalue weighted by Crippen LogP contribution is 2.03. The van der Waals surface area contributed by atoms with Gasteiger partial charge in [0.25, 0.3) is 0 Å². The van der Waals surface area contributed by atoms with Crippen LogP contribution in [-0.2, 0) is 9.84 Å². The van der Waals surface area contributed by atoms with Gasteiger partial charge in [-0.1, -0.05) is 0 Å². The van der Waals surface area contributed by atoms with Gasteiger partial charge in [0.2, 0.25) is 0 Å². The van der Waals surface area contributed by atoms with Crippen molar-refractivity contribution in [2.24, 2.45) is 0 Å². The Morgan fingerprint density at radius 3 is 2.57 bits per heavy atom. The number of nitrogens with zero attached hydrogens (tertiary/aromatic N) is 1. The third-order valence-electron chi connectivity index (χ3n) is 1.59. The summed E-state index contributed by atoms with van der Waals surface area (Å²) in [6.45, 7) is 1.80. The minimum absolute atomic E-state index is 0.343. The van der Waals surface area contributed by atoms with Crippen LogP contribution in [0, 0.1) is 6.92 Å². The number of ketones is 1. The van der Waals surface area contributed by atoms with E-state index in [9.17, 15) is 13.2 Å². The second-order valence-electron chi connectivity index (χ2n) is 3.24. The largest absolute Gasteiger partial charge is 0.293 e. The molecule has 5 heteroatoms. The van der Waals surface area contributed by atoms with Crippen molar-refractivity contribution in [1.29, 1.82) is 0 Å². The van der Waals surface area contributed by atoms with E-state index in [2.05, 4.69) is 4.98 Å². The smallest absolute Gasteiger partial charge is 0.179 e. The van der Waals surface area contributed by atoms with Crippen molar-refractivity contribution < 1.29 is 13.2 Å². The Labute approximate surface area is 82.9 Å². The summed E-state index contributed by atoms with van der Waals surface area (Å²) in [5.41, 5.74) is 1.18. The number of rotatable bonds is 3. The molecule has 1 rings (SSSR count). The van der Waals surface area contributed by atoms with Crippen LogP contribution in [-0.4, -0.2) is 31.2 Å². The van der Waals surface area contributed by atoms with Gasteiger partial charge in [0.1, 0.15) is 5.75 Å². The summed E-state index contributed by atoms with van der Waals surface area (Å²) < 4.78 is 21.7. The Kier molecular flexibility index (Phi) is 3.00. The Hall–Kier alpha value is -1.23. The van der Waals surface area contributed by atoms with E-state index in [1.807, 2.05) is 0 Å². The Morgan fingerprint density at radius 2 is 2.07 bits per heavy atom. The molecule has 0 saturated heterocycles. The van der Waals surface area contributed by atoms with Gasteiger partial charge in [-0.15, -0.1) is 0 Å². The molecule has 0 aliphatic carbocycles. The van der Waals surface area contributed by atoms with E-state index in [1.165, 1.54) is 6.20 Å². The first-order chi connectivity index (χ1) is 6.38. The monoisotopic (exact) mass is 213 g/mol. The maximum Gasteiger partial charge on any atom is 0.179 e. The lowest BCUT2D eigenvalue weighted by Crippen LogP contribution is -2.14. The number of carbonyl (C=O) groups is 1. The van der Waals surface area contributed by atoms with Crippen LogP contribution in [0.25, 0.3) is 0 Å².